The highest BCUT2D eigenvalue weighted by Crippen LogP contribution is 2.44. The van der Waals surface area contributed by atoms with Crippen LogP contribution < -0.4 is 19.1 Å². The summed E-state index contributed by atoms with van der Waals surface area (Å²) in [5.74, 6) is 1.62. The number of nitrogens with zero attached hydrogens (tertiary/aromatic N) is 2. The van der Waals surface area contributed by atoms with Crippen molar-refractivity contribution in [1.82, 2.24) is 4.98 Å². The van der Waals surface area contributed by atoms with Gasteiger partial charge in [-0.2, -0.15) is 0 Å². The molecule has 0 aliphatic carbocycles. The Morgan fingerprint density at radius 1 is 0.951 bits per heavy atom. The van der Waals surface area contributed by atoms with Crippen molar-refractivity contribution in [2.75, 3.05) is 19.1 Å². The number of hydrogen-bond acceptors (Lipinski definition) is 6. The predicted molar refractivity (Wildman–Crippen MR) is 159 cm³/mol. The molecule has 0 saturated carbocycles. The molecule has 1 N–H and O–H groups in total. The zero-order valence-corrected chi connectivity index (χ0v) is 24.5. The minimum Gasteiger partial charge on any atom is -0.493 e. The maximum Gasteiger partial charge on any atom is 0.232 e. The Morgan fingerprint density at radius 3 is 2.22 bits per heavy atom. The van der Waals surface area contributed by atoms with Gasteiger partial charge in [0.25, 0.3) is 0 Å². The first-order valence-electron chi connectivity index (χ1n) is 13.4. The van der Waals surface area contributed by atoms with Crippen LogP contribution in [-0.4, -0.2) is 36.3 Å². The average Bonchev–Trinajstić information content (AvgIpc) is 2.96. The molecular formula is C33H33ClN2O5. The second-order valence-corrected chi connectivity index (χ2v) is 10.9. The quantitative estimate of drug-likeness (QED) is 0.260. The van der Waals surface area contributed by atoms with Crippen LogP contribution in [0.25, 0.3) is 0 Å². The molecule has 3 aromatic carbocycles. The number of amides is 1. The minimum atomic E-state index is -1.30. The van der Waals surface area contributed by atoms with E-state index < -0.39 is 11.6 Å². The van der Waals surface area contributed by atoms with E-state index in [0.717, 1.165) is 16.7 Å². The number of hydrogen-bond donors (Lipinski definition) is 1. The van der Waals surface area contributed by atoms with Gasteiger partial charge in [-0.1, -0.05) is 35.9 Å². The van der Waals surface area contributed by atoms with E-state index in [-0.39, 0.29) is 18.4 Å². The third kappa shape index (κ3) is 5.60. The Hall–Kier alpha value is -4.07. The Balaban J connectivity index is 1.58. The summed E-state index contributed by atoms with van der Waals surface area (Å²) in [6.45, 7) is 5.64. The van der Waals surface area contributed by atoms with Gasteiger partial charge in [0, 0.05) is 28.5 Å². The largest absolute Gasteiger partial charge is 0.493 e. The number of aliphatic hydroxyl groups is 1. The number of pyridine rings is 1. The third-order valence-corrected chi connectivity index (χ3v) is 7.60. The van der Waals surface area contributed by atoms with Gasteiger partial charge in [0.05, 0.1) is 32.8 Å². The van der Waals surface area contributed by atoms with Gasteiger partial charge in [-0.05, 0) is 85.5 Å². The molecule has 4 aromatic rings. The van der Waals surface area contributed by atoms with Crippen molar-refractivity contribution < 1.29 is 24.1 Å². The van der Waals surface area contributed by atoms with Crippen LogP contribution in [-0.2, 0) is 16.8 Å². The fraction of sp³-hybridized carbons (Fsp3) is 0.273. The van der Waals surface area contributed by atoms with Crippen molar-refractivity contribution >= 4 is 23.2 Å². The second-order valence-electron chi connectivity index (χ2n) is 10.5. The highest BCUT2D eigenvalue weighted by atomic mass is 35.5. The number of anilines is 1. The second kappa shape index (κ2) is 11.4. The molecule has 1 unspecified atom stereocenters. The van der Waals surface area contributed by atoms with Crippen LogP contribution in [0, 0.1) is 0 Å². The van der Waals surface area contributed by atoms with Crippen LogP contribution in [0.4, 0.5) is 5.69 Å². The summed E-state index contributed by atoms with van der Waals surface area (Å²) in [6, 6.07) is 21.9. The van der Waals surface area contributed by atoms with Crippen molar-refractivity contribution in [1.29, 1.82) is 0 Å². The van der Waals surface area contributed by atoms with E-state index in [2.05, 4.69) is 4.98 Å². The number of carbonyl (C=O) groups excluding carboxylic acids is 1. The summed E-state index contributed by atoms with van der Waals surface area (Å²) in [6.07, 6.45) is 1.74. The van der Waals surface area contributed by atoms with Gasteiger partial charge in [-0.25, -0.2) is 4.98 Å². The number of carbonyl (C=O) groups is 1. The molecule has 0 spiro atoms. The molecule has 7 nitrogen and oxygen atoms in total. The Labute approximate surface area is 245 Å². The summed E-state index contributed by atoms with van der Waals surface area (Å²) >= 11 is 6.23. The first-order chi connectivity index (χ1) is 19.6. The minimum absolute atomic E-state index is 0.0569. The molecule has 0 fully saturated rings. The van der Waals surface area contributed by atoms with Crippen LogP contribution in [0.3, 0.4) is 0 Å². The lowest BCUT2D eigenvalue weighted by Crippen LogP contribution is -2.41. The van der Waals surface area contributed by atoms with Crippen LogP contribution in [0.1, 0.15) is 54.6 Å². The summed E-state index contributed by atoms with van der Waals surface area (Å²) in [5.41, 5.74) is 3.43. The maximum absolute atomic E-state index is 13.8. The van der Waals surface area contributed by atoms with Gasteiger partial charge in [0.1, 0.15) is 5.60 Å². The van der Waals surface area contributed by atoms with E-state index in [9.17, 15) is 9.90 Å². The van der Waals surface area contributed by atoms with Crippen LogP contribution >= 0.6 is 11.6 Å². The van der Waals surface area contributed by atoms with Gasteiger partial charge >= 0.3 is 0 Å². The van der Waals surface area contributed by atoms with E-state index >= 15 is 0 Å². The van der Waals surface area contributed by atoms with E-state index in [1.807, 2.05) is 74.5 Å². The summed E-state index contributed by atoms with van der Waals surface area (Å²) in [5, 5.41) is 12.0. The third-order valence-electron chi connectivity index (χ3n) is 7.35. The molecule has 8 heteroatoms. The molecule has 1 aliphatic rings. The first-order valence-corrected chi connectivity index (χ1v) is 13.8. The Kier molecular flexibility index (Phi) is 7.93. The molecule has 5 rings (SSSR count). The van der Waals surface area contributed by atoms with E-state index in [4.69, 9.17) is 25.8 Å². The van der Waals surface area contributed by atoms with Gasteiger partial charge in [0.15, 0.2) is 11.5 Å². The molecule has 0 bridgehead atoms. The number of rotatable bonds is 8. The number of fused-ring (bicyclic) bond motifs is 1. The SMILES string of the molecule is COc1ccc(C(C)(O)c2ccc(N3C(=O)Cc4cc(OC)c(OC(C)C)cc4[C@@H]3c3ccc(Cl)cc3)cc2)cn1. The smallest absolute Gasteiger partial charge is 0.232 e. The Morgan fingerprint density at radius 2 is 1.63 bits per heavy atom. The van der Waals surface area contributed by atoms with Gasteiger partial charge in [-0.3, -0.25) is 4.79 Å². The van der Waals surface area contributed by atoms with Crippen molar-refractivity contribution in [2.24, 2.45) is 0 Å². The van der Waals surface area contributed by atoms with Gasteiger partial charge < -0.3 is 24.2 Å². The molecule has 0 saturated heterocycles. The molecule has 1 aliphatic heterocycles. The van der Waals surface area contributed by atoms with Crippen molar-refractivity contribution in [2.45, 2.75) is 44.9 Å². The van der Waals surface area contributed by atoms with E-state index in [1.54, 1.807) is 44.4 Å². The maximum atomic E-state index is 13.8. The van der Waals surface area contributed by atoms with Crippen molar-refractivity contribution in [3.63, 3.8) is 0 Å². The van der Waals surface area contributed by atoms with Crippen molar-refractivity contribution in [3.8, 4) is 17.4 Å². The lowest BCUT2D eigenvalue weighted by atomic mass is 9.86. The van der Waals surface area contributed by atoms with Crippen molar-refractivity contribution in [3.05, 3.63) is 112 Å². The lowest BCUT2D eigenvalue weighted by molar-refractivity contribution is -0.118. The number of benzene rings is 3. The van der Waals surface area contributed by atoms with Crippen LogP contribution in [0.2, 0.25) is 5.02 Å². The average molecular weight is 573 g/mol. The lowest BCUT2D eigenvalue weighted by Gasteiger charge is -2.38. The highest BCUT2D eigenvalue weighted by Gasteiger charge is 2.36. The number of aromatic nitrogens is 1. The number of ether oxygens (including phenoxy) is 3. The number of halogens is 1. The molecule has 2 heterocycles. The fourth-order valence-corrected chi connectivity index (χ4v) is 5.36. The zero-order valence-electron chi connectivity index (χ0n) is 23.7. The zero-order chi connectivity index (χ0) is 29.3. The van der Waals surface area contributed by atoms with Gasteiger partial charge in [-0.15, -0.1) is 0 Å². The summed E-state index contributed by atoms with van der Waals surface area (Å²) in [7, 11) is 3.14. The van der Waals surface area contributed by atoms with Gasteiger partial charge in [0.2, 0.25) is 11.8 Å². The molecule has 1 amide bonds. The standard InChI is InChI=1S/C33H33ClN2O5/c1-20(2)41-29-18-27-22(16-28(29)39-4)17-31(37)36(32(27)21-6-11-25(34)12-7-21)26-13-8-23(9-14-26)33(3,38)24-10-15-30(40-5)35-19-24/h6-16,18-20,32,38H,17H2,1-5H3/t32-,33?/m0/s1. The normalized spacial score (nSPS) is 16.2. The molecule has 1 aromatic heterocycles. The highest BCUT2D eigenvalue weighted by molar-refractivity contribution is 6.30. The molecule has 0 radical (unpaired) electrons. The monoisotopic (exact) mass is 572 g/mol. The van der Waals surface area contributed by atoms with E-state index in [1.165, 1.54) is 0 Å². The topological polar surface area (TPSA) is 81.1 Å². The molecule has 41 heavy (non-hydrogen) atoms. The summed E-state index contributed by atoms with van der Waals surface area (Å²) < 4.78 is 16.8. The van der Waals surface area contributed by atoms with Crippen LogP contribution in [0.5, 0.6) is 17.4 Å². The first kappa shape index (κ1) is 28.5. The molecule has 212 valence electrons. The Bertz CT molecular complexity index is 1530. The summed E-state index contributed by atoms with van der Waals surface area (Å²) in [4.78, 5) is 19.8. The van der Waals surface area contributed by atoms with Crippen LogP contribution in [0.15, 0.2) is 79.0 Å². The predicted octanol–water partition coefficient (Wildman–Crippen LogP) is 6.47. The number of methoxy groups -OCH3 is 2. The molecular weight excluding hydrogens is 540 g/mol. The van der Waals surface area contributed by atoms with E-state index in [0.29, 0.717) is 39.2 Å². The fourth-order valence-electron chi connectivity index (χ4n) is 5.23. The molecule has 2 atom stereocenters.